The summed E-state index contributed by atoms with van der Waals surface area (Å²) < 4.78 is 0. The van der Waals surface area contributed by atoms with Gasteiger partial charge in [-0.3, -0.25) is 0 Å². The van der Waals surface area contributed by atoms with Gasteiger partial charge in [-0.15, -0.1) is 0 Å². The van der Waals surface area contributed by atoms with E-state index in [-0.39, 0.29) is 0 Å². The zero-order chi connectivity index (χ0) is 22.9. The van der Waals surface area contributed by atoms with E-state index in [2.05, 4.69) is 64.2 Å². The SMILES string of the molecule is C=CC(=C\C)/C(=C\CCCCNc1nc(-c2ccccc2)nc2[nH]cnc12)C1=CC=CCC1. The maximum absolute atomic E-state index is 4.75. The van der Waals surface area contributed by atoms with E-state index in [1.54, 1.807) is 6.33 Å². The Balaban J connectivity index is 1.39. The van der Waals surface area contributed by atoms with E-state index in [0.29, 0.717) is 5.82 Å². The van der Waals surface area contributed by atoms with Crippen molar-refractivity contribution in [2.24, 2.45) is 0 Å². The van der Waals surface area contributed by atoms with E-state index >= 15 is 0 Å². The molecule has 0 amide bonds. The molecule has 1 aliphatic rings. The lowest BCUT2D eigenvalue weighted by molar-refractivity contribution is 0.774. The fraction of sp³-hybridized carbons (Fsp3) is 0.250. The molecule has 0 bridgehead atoms. The third-order valence-electron chi connectivity index (χ3n) is 5.78. The molecule has 5 heteroatoms. The summed E-state index contributed by atoms with van der Waals surface area (Å²) in [6.45, 7) is 6.91. The Bertz CT molecular complexity index is 1210. The molecule has 0 saturated heterocycles. The summed E-state index contributed by atoms with van der Waals surface area (Å²) in [5.74, 6) is 1.47. The minimum absolute atomic E-state index is 0.695. The summed E-state index contributed by atoms with van der Waals surface area (Å²) in [5.41, 5.74) is 6.45. The van der Waals surface area contributed by atoms with Crippen molar-refractivity contribution in [3.8, 4) is 11.4 Å². The molecule has 0 aliphatic heterocycles. The average molecular weight is 438 g/mol. The standard InChI is InChI=1S/C28H31N5/c1-3-21(4-2)24(22-14-8-5-9-15-22)18-12-7-13-19-29-27-25-28(31-20-30-25)33-26(32-27)23-16-10-6-11-17-23/h3-6,8,10-11,14,16-18,20H,1,7,9,12-13,15,19H2,2H3,(H2,29,30,31,32,33)/b21-4+,24-18+. The van der Waals surface area contributed by atoms with Crippen molar-refractivity contribution in [2.75, 3.05) is 11.9 Å². The molecule has 3 aromatic rings. The second kappa shape index (κ2) is 11.2. The van der Waals surface area contributed by atoms with E-state index in [4.69, 9.17) is 4.98 Å². The van der Waals surface area contributed by atoms with E-state index in [9.17, 15) is 0 Å². The molecule has 5 nitrogen and oxygen atoms in total. The van der Waals surface area contributed by atoms with E-state index in [0.717, 1.165) is 61.2 Å². The van der Waals surface area contributed by atoms with Gasteiger partial charge in [-0.25, -0.2) is 15.0 Å². The molecule has 4 rings (SSSR count). The molecular weight excluding hydrogens is 406 g/mol. The fourth-order valence-corrected chi connectivity index (χ4v) is 4.04. The van der Waals surface area contributed by atoms with Gasteiger partial charge in [0.15, 0.2) is 17.3 Å². The number of fused-ring (bicyclic) bond motifs is 1. The van der Waals surface area contributed by atoms with E-state index < -0.39 is 0 Å². The molecule has 2 N–H and O–H groups in total. The van der Waals surface area contributed by atoms with Gasteiger partial charge < -0.3 is 10.3 Å². The van der Waals surface area contributed by atoms with Crippen LogP contribution in [-0.4, -0.2) is 26.5 Å². The monoisotopic (exact) mass is 437 g/mol. The molecule has 1 aromatic carbocycles. The van der Waals surface area contributed by atoms with Crippen molar-refractivity contribution in [3.05, 3.63) is 96.4 Å². The van der Waals surface area contributed by atoms with Crippen molar-refractivity contribution in [3.63, 3.8) is 0 Å². The quantitative estimate of drug-likeness (QED) is 0.266. The molecule has 1 aliphatic carbocycles. The Morgan fingerprint density at radius 3 is 2.82 bits per heavy atom. The Labute approximate surface area is 195 Å². The van der Waals surface area contributed by atoms with Crippen molar-refractivity contribution >= 4 is 17.0 Å². The van der Waals surface area contributed by atoms with Crippen LogP contribution in [-0.2, 0) is 0 Å². The van der Waals surface area contributed by atoms with Gasteiger partial charge in [0, 0.05) is 12.1 Å². The lowest BCUT2D eigenvalue weighted by Crippen LogP contribution is -2.06. The topological polar surface area (TPSA) is 66.5 Å². The zero-order valence-electron chi connectivity index (χ0n) is 19.2. The third-order valence-corrected chi connectivity index (χ3v) is 5.78. The van der Waals surface area contributed by atoms with Gasteiger partial charge in [0.25, 0.3) is 0 Å². The molecule has 0 radical (unpaired) electrons. The maximum atomic E-state index is 4.75. The minimum Gasteiger partial charge on any atom is -0.368 e. The van der Waals surface area contributed by atoms with Gasteiger partial charge in [-0.1, -0.05) is 73.4 Å². The number of nitrogens with zero attached hydrogens (tertiary/aromatic N) is 3. The first kappa shape index (κ1) is 22.5. The molecule has 0 fully saturated rings. The molecule has 2 heterocycles. The Kier molecular flexibility index (Phi) is 7.64. The Morgan fingerprint density at radius 2 is 2.06 bits per heavy atom. The van der Waals surface area contributed by atoms with Gasteiger partial charge in [0.1, 0.15) is 5.52 Å². The number of hydrogen-bond donors (Lipinski definition) is 2. The Hall–Kier alpha value is -3.73. The van der Waals surface area contributed by atoms with Gasteiger partial charge in [0.05, 0.1) is 6.33 Å². The van der Waals surface area contributed by atoms with Crippen molar-refractivity contribution in [1.29, 1.82) is 0 Å². The lowest BCUT2D eigenvalue weighted by atomic mass is 9.90. The molecular formula is C28H31N5. The van der Waals surface area contributed by atoms with Gasteiger partial charge in [-0.2, -0.15) is 0 Å². The van der Waals surface area contributed by atoms with E-state index in [1.165, 1.54) is 16.7 Å². The second-order valence-corrected chi connectivity index (χ2v) is 8.01. The van der Waals surface area contributed by atoms with E-state index in [1.807, 2.05) is 36.4 Å². The first-order valence-electron chi connectivity index (χ1n) is 11.7. The average Bonchev–Trinajstić information content (AvgIpc) is 3.35. The highest BCUT2D eigenvalue weighted by atomic mass is 15.1. The number of benzene rings is 1. The fourth-order valence-electron chi connectivity index (χ4n) is 4.04. The number of allylic oxidation sites excluding steroid dienone is 9. The smallest absolute Gasteiger partial charge is 0.164 e. The second-order valence-electron chi connectivity index (χ2n) is 8.01. The largest absolute Gasteiger partial charge is 0.368 e. The summed E-state index contributed by atoms with van der Waals surface area (Å²) in [6, 6.07) is 10.0. The number of nitrogens with one attached hydrogen (secondary N) is 2. The number of aromatic amines is 1. The van der Waals surface area contributed by atoms with Crippen LogP contribution in [0.4, 0.5) is 5.82 Å². The Morgan fingerprint density at radius 1 is 1.18 bits per heavy atom. The minimum atomic E-state index is 0.695. The van der Waals surface area contributed by atoms with Crippen LogP contribution in [0.25, 0.3) is 22.6 Å². The van der Waals surface area contributed by atoms with Gasteiger partial charge >= 0.3 is 0 Å². The normalized spacial score (nSPS) is 14.4. The summed E-state index contributed by atoms with van der Waals surface area (Å²) in [5, 5.41) is 3.48. The number of hydrogen-bond acceptors (Lipinski definition) is 4. The van der Waals surface area contributed by atoms with Crippen LogP contribution in [0.15, 0.2) is 96.4 Å². The first-order chi connectivity index (χ1) is 16.3. The van der Waals surface area contributed by atoms with Gasteiger partial charge in [0.2, 0.25) is 0 Å². The third kappa shape index (κ3) is 5.55. The molecule has 2 aromatic heterocycles. The van der Waals surface area contributed by atoms with Crippen LogP contribution in [0.3, 0.4) is 0 Å². The molecule has 0 saturated carbocycles. The van der Waals surface area contributed by atoms with Crippen molar-refractivity contribution < 1.29 is 0 Å². The van der Waals surface area contributed by atoms with Crippen LogP contribution < -0.4 is 5.32 Å². The number of aromatic nitrogens is 4. The molecule has 168 valence electrons. The number of rotatable bonds is 10. The van der Waals surface area contributed by atoms with Crippen LogP contribution >= 0.6 is 0 Å². The van der Waals surface area contributed by atoms with Gasteiger partial charge in [-0.05, 0) is 55.7 Å². The highest BCUT2D eigenvalue weighted by Crippen LogP contribution is 2.28. The summed E-state index contributed by atoms with van der Waals surface area (Å²) in [7, 11) is 0. The zero-order valence-corrected chi connectivity index (χ0v) is 19.2. The number of imidazole rings is 1. The first-order valence-corrected chi connectivity index (χ1v) is 11.7. The van der Waals surface area contributed by atoms with Crippen LogP contribution in [0.1, 0.15) is 39.0 Å². The maximum Gasteiger partial charge on any atom is 0.164 e. The number of H-pyrrole nitrogens is 1. The highest BCUT2D eigenvalue weighted by Gasteiger charge is 2.11. The summed E-state index contributed by atoms with van der Waals surface area (Å²) in [4.78, 5) is 16.9. The predicted octanol–water partition coefficient (Wildman–Crippen LogP) is 6.94. The van der Waals surface area contributed by atoms with Crippen LogP contribution in [0.5, 0.6) is 0 Å². The number of unbranched alkanes of at least 4 members (excludes halogenated alkanes) is 2. The van der Waals surface area contributed by atoms with Crippen molar-refractivity contribution in [1.82, 2.24) is 19.9 Å². The highest BCUT2D eigenvalue weighted by molar-refractivity contribution is 5.84. The lowest BCUT2D eigenvalue weighted by Gasteiger charge is -2.15. The van der Waals surface area contributed by atoms with Crippen molar-refractivity contribution in [2.45, 2.75) is 39.0 Å². The summed E-state index contributed by atoms with van der Waals surface area (Å²) in [6.07, 6.45) is 20.1. The number of anilines is 1. The predicted molar refractivity (Wildman–Crippen MR) is 138 cm³/mol. The molecule has 33 heavy (non-hydrogen) atoms. The van der Waals surface area contributed by atoms with Crippen LogP contribution in [0, 0.1) is 0 Å². The van der Waals surface area contributed by atoms with Crippen LogP contribution in [0.2, 0.25) is 0 Å². The molecule has 0 atom stereocenters. The molecule has 0 unspecified atom stereocenters. The summed E-state index contributed by atoms with van der Waals surface area (Å²) >= 11 is 0. The molecule has 0 spiro atoms.